The summed E-state index contributed by atoms with van der Waals surface area (Å²) in [7, 11) is 0. The molecule has 0 radical (unpaired) electrons. The minimum absolute atomic E-state index is 0.132. The molecule has 0 spiro atoms. The standard InChI is InChI=1S/C10H13N3O3/c14-8-1-2-9(11-7-8)12-3-5-13(6-4-12)10(15)16/h1-2,7,14H,3-6H2,(H,15,16). The largest absolute Gasteiger partial charge is 0.506 e. The predicted molar refractivity (Wildman–Crippen MR) is 57.7 cm³/mol. The molecule has 6 heteroatoms. The van der Waals surface area contributed by atoms with Gasteiger partial charge < -0.3 is 20.0 Å². The normalized spacial score (nSPS) is 16.2. The van der Waals surface area contributed by atoms with Crippen LogP contribution in [0.25, 0.3) is 0 Å². The lowest BCUT2D eigenvalue weighted by Crippen LogP contribution is -2.48. The maximum absolute atomic E-state index is 10.7. The fourth-order valence-corrected chi connectivity index (χ4v) is 1.69. The Morgan fingerprint density at radius 1 is 1.25 bits per heavy atom. The first kappa shape index (κ1) is 10.5. The topological polar surface area (TPSA) is 76.9 Å². The third-order valence-corrected chi connectivity index (χ3v) is 2.61. The fourth-order valence-electron chi connectivity index (χ4n) is 1.69. The maximum atomic E-state index is 10.7. The molecule has 1 aromatic heterocycles. The second kappa shape index (κ2) is 4.26. The van der Waals surface area contributed by atoms with Crippen molar-refractivity contribution >= 4 is 11.9 Å². The summed E-state index contributed by atoms with van der Waals surface area (Å²) in [6.45, 7) is 2.23. The van der Waals surface area contributed by atoms with Crippen molar-refractivity contribution in [3.05, 3.63) is 18.3 Å². The summed E-state index contributed by atoms with van der Waals surface area (Å²) in [4.78, 5) is 18.2. The summed E-state index contributed by atoms with van der Waals surface area (Å²) < 4.78 is 0. The SMILES string of the molecule is O=C(O)N1CCN(c2ccc(O)cn2)CC1. The average Bonchev–Trinajstić information content (AvgIpc) is 2.30. The number of rotatable bonds is 1. The summed E-state index contributed by atoms with van der Waals surface area (Å²) >= 11 is 0. The minimum atomic E-state index is -0.877. The van der Waals surface area contributed by atoms with E-state index >= 15 is 0 Å². The van der Waals surface area contributed by atoms with Gasteiger partial charge in [0.1, 0.15) is 11.6 Å². The Balaban J connectivity index is 1.99. The summed E-state index contributed by atoms with van der Waals surface area (Å²) in [5, 5.41) is 17.9. The summed E-state index contributed by atoms with van der Waals surface area (Å²) in [6, 6.07) is 3.30. The highest BCUT2D eigenvalue weighted by Crippen LogP contribution is 2.16. The van der Waals surface area contributed by atoms with E-state index in [4.69, 9.17) is 10.2 Å². The van der Waals surface area contributed by atoms with Gasteiger partial charge in [-0.15, -0.1) is 0 Å². The zero-order valence-electron chi connectivity index (χ0n) is 8.70. The van der Waals surface area contributed by atoms with Crippen LogP contribution in [0.2, 0.25) is 0 Å². The smallest absolute Gasteiger partial charge is 0.407 e. The van der Waals surface area contributed by atoms with Gasteiger partial charge in [-0.1, -0.05) is 0 Å². The van der Waals surface area contributed by atoms with Crippen LogP contribution in [-0.2, 0) is 0 Å². The molecule has 0 unspecified atom stereocenters. The average molecular weight is 223 g/mol. The summed E-state index contributed by atoms with van der Waals surface area (Å²) in [6.07, 6.45) is 0.511. The molecule has 1 fully saturated rings. The van der Waals surface area contributed by atoms with Gasteiger partial charge in [-0.3, -0.25) is 0 Å². The fraction of sp³-hybridized carbons (Fsp3) is 0.400. The monoisotopic (exact) mass is 223 g/mol. The van der Waals surface area contributed by atoms with Crippen LogP contribution in [0.4, 0.5) is 10.6 Å². The lowest BCUT2D eigenvalue weighted by atomic mass is 10.3. The Morgan fingerprint density at radius 2 is 1.94 bits per heavy atom. The summed E-state index contributed by atoms with van der Waals surface area (Å²) in [5.74, 6) is 0.899. The predicted octanol–water partition coefficient (Wildman–Crippen LogP) is 0.587. The Morgan fingerprint density at radius 3 is 2.44 bits per heavy atom. The second-order valence-electron chi connectivity index (χ2n) is 3.63. The lowest BCUT2D eigenvalue weighted by molar-refractivity contribution is 0.142. The van der Waals surface area contributed by atoms with Crippen LogP contribution in [0.1, 0.15) is 0 Å². The summed E-state index contributed by atoms with van der Waals surface area (Å²) in [5.41, 5.74) is 0. The molecule has 1 aliphatic rings. The Kier molecular flexibility index (Phi) is 2.80. The van der Waals surface area contributed by atoms with E-state index in [0.29, 0.717) is 26.2 Å². The van der Waals surface area contributed by atoms with E-state index in [2.05, 4.69) is 4.98 Å². The molecule has 1 aliphatic heterocycles. The first-order valence-corrected chi connectivity index (χ1v) is 5.04. The number of pyridine rings is 1. The van der Waals surface area contributed by atoms with Crippen LogP contribution in [-0.4, -0.2) is 52.4 Å². The molecule has 86 valence electrons. The number of carbonyl (C=O) groups is 1. The van der Waals surface area contributed by atoms with Crippen LogP contribution in [0.15, 0.2) is 18.3 Å². The molecular formula is C10H13N3O3. The lowest BCUT2D eigenvalue weighted by Gasteiger charge is -2.33. The molecule has 2 rings (SSSR count). The number of nitrogens with zero attached hydrogens (tertiary/aromatic N) is 3. The molecule has 2 heterocycles. The highest BCUT2D eigenvalue weighted by molar-refractivity contribution is 5.65. The van der Waals surface area contributed by atoms with Gasteiger partial charge in [0.15, 0.2) is 0 Å². The molecule has 1 saturated heterocycles. The molecule has 16 heavy (non-hydrogen) atoms. The van der Waals surface area contributed by atoms with Crippen molar-refractivity contribution < 1.29 is 15.0 Å². The molecule has 0 saturated carbocycles. The number of hydrogen-bond acceptors (Lipinski definition) is 4. The van der Waals surface area contributed by atoms with Gasteiger partial charge in [0.05, 0.1) is 6.20 Å². The molecule has 0 bridgehead atoms. The van der Waals surface area contributed by atoms with Crippen LogP contribution in [0, 0.1) is 0 Å². The Bertz CT molecular complexity index is 371. The van der Waals surface area contributed by atoms with Crippen molar-refractivity contribution in [3.63, 3.8) is 0 Å². The van der Waals surface area contributed by atoms with E-state index in [0.717, 1.165) is 5.82 Å². The number of piperazine rings is 1. The van der Waals surface area contributed by atoms with E-state index in [1.165, 1.54) is 11.1 Å². The zero-order valence-corrected chi connectivity index (χ0v) is 8.70. The number of amides is 1. The first-order valence-electron chi connectivity index (χ1n) is 5.04. The van der Waals surface area contributed by atoms with Gasteiger partial charge in [-0.2, -0.15) is 0 Å². The van der Waals surface area contributed by atoms with Crippen LogP contribution >= 0.6 is 0 Å². The molecule has 1 amide bonds. The van der Waals surface area contributed by atoms with Gasteiger partial charge in [0, 0.05) is 26.2 Å². The van der Waals surface area contributed by atoms with Crippen LogP contribution in [0.3, 0.4) is 0 Å². The van der Waals surface area contributed by atoms with Gasteiger partial charge in [0.25, 0.3) is 0 Å². The number of anilines is 1. The third kappa shape index (κ3) is 2.16. The highest BCUT2D eigenvalue weighted by atomic mass is 16.4. The highest BCUT2D eigenvalue weighted by Gasteiger charge is 2.20. The van der Waals surface area contributed by atoms with Crippen molar-refractivity contribution in [2.75, 3.05) is 31.1 Å². The quantitative estimate of drug-likeness (QED) is 0.728. The molecule has 2 N–H and O–H groups in total. The van der Waals surface area contributed by atoms with Crippen molar-refractivity contribution in [2.45, 2.75) is 0 Å². The second-order valence-corrected chi connectivity index (χ2v) is 3.63. The van der Waals surface area contributed by atoms with Crippen molar-refractivity contribution in [1.29, 1.82) is 0 Å². The molecule has 0 aliphatic carbocycles. The third-order valence-electron chi connectivity index (χ3n) is 2.61. The first-order chi connectivity index (χ1) is 7.66. The van der Waals surface area contributed by atoms with Gasteiger partial charge in [-0.05, 0) is 12.1 Å². The Labute approximate surface area is 92.7 Å². The van der Waals surface area contributed by atoms with Gasteiger partial charge in [-0.25, -0.2) is 9.78 Å². The van der Waals surface area contributed by atoms with Crippen LogP contribution < -0.4 is 4.90 Å². The van der Waals surface area contributed by atoms with Crippen molar-refractivity contribution in [3.8, 4) is 5.75 Å². The number of hydrogen-bond donors (Lipinski definition) is 2. The van der Waals surface area contributed by atoms with Gasteiger partial charge in [0.2, 0.25) is 0 Å². The molecule has 0 atom stereocenters. The van der Waals surface area contributed by atoms with Gasteiger partial charge >= 0.3 is 6.09 Å². The van der Waals surface area contributed by atoms with E-state index < -0.39 is 6.09 Å². The van der Waals surface area contributed by atoms with E-state index in [1.807, 2.05) is 4.90 Å². The van der Waals surface area contributed by atoms with E-state index in [9.17, 15) is 4.79 Å². The molecular weight excluding hydrogens is 210 g/mol. The van der Waals surface area contributed by atoms with E-state index in [1.54, 1.807) is 12.1 Å². The van der Waals surface area contributed by atoms with Crippen LogP contribution in [0.5, 0.6) is 5.75 Å². The van der Waals surface area contributed by atoms with E-state index in [-0.39, 0.29) is 5.75 Å². The minimum Gasteiger partial charge on any atom is -0.506 e. The van der Waals surface area contributed by atoms with Crippen molar-refractivity contribution in [1.82, 2.24) is 9.88 Å². The number of carboxylic acid groups (broad SMARTS) is 1. The number of aromatic hydroxyl groups is 1. The molecule has 0 aromatic carbocycles. The number of aromatic nitrogens is 1. The van der Waals surface area contributed by atoms with Crippen molar-refractivity contribution in [2.24, 2.45) is 0 Å². The maximum Gasteiger partial charge on any atom is 0.407 e. The Hall–Kier alpha value is -1.98. The molecule has 6 nitrogen and oxygen atoms in total. The zero-order chi connectivity index (χ0) is 11.5. The molecule has 1 aromatic rings.